The molecule has 0 saturated heterocycles. The Morgan fingerprint density at radius 3 is 2.80 bits per heavy atom. The van der Waals surface area contributed by atoms with Gasteiger partial charge in [-0.05, 0) is 80.6 Å². The predicted octanol–water partition coefficient (Wildman–Crippen LogP) is 5.07. The van der Waals surface area contributed by atoms with Gasteiger partial charge in [-0.3, -0.25) is 4.79 Å². The minimum atomic E-state index is -0.544. The smallest absolute Gasteiger partial charge is 0.251 e. The maximum atomic E-state index is 14.6. The van der Waals surface area contributed by atoms with Gasteiger partial charge >= 0.3 is 0 Å². The largest absolute Gasteiger partial charge is 0.349 e. The summed E-state index contributed by atoms with van der Waals surface area (Å²) in [7, 11) is 0. The van der Waals surface area contributed by atoms with E-state index in [0.717, 1.165) is 34.5 Å². The van der Waals surface area contributed by atoms with Crippen molar-refractivity contribution in [2.75, 3.05) is 5.32 Å². The first-order valence-corrected chi connectivity index (χ1v) is 11.8. The first kappa shape index (κ1) is 21.5. The van der Waals surface area contributed by atoms with E-state index in [9.17, 15) is 9.18 Å². The Morgan fingerprint density at radius 2 is 2.00 bits per heavy atom. The van der Waals surface area contributed by atoms with Gasteiger partial charge in [0.1, 0.15) is 0 Å². The van der Waals surface area contributed by atoms with Gasteiger partial charge in [0.05, 0.1) is 18.2 Å². The van der Waals surface area contributed by atoms with Crippen LogP contribution in [0.1, 0.15) is 52.9 Å². The van der Waals surface area contributed by atoms with Gasteiger partial charge in [0.15, 0.2) is 17.5 Å². The topological polar surface area (TPSA) is 84.7 Å². The van der Waals surface area contributed by atoms with Gasteiger partial charge in [0.2, 0.25) is 0 Å². The van der Waals surface area contributed by atoms with Crippen LogP contribution in [0, 0.1) is 12.7 Å². The molecular formula is C27H25FN6O. The molecule has 2 aromatic heterocycles. The third-order valence-electron chi connectivity index (χ3n) is 6.59. The van der Waals surface area contributed by atoms with Gasteiger partial charge in [-0.25, -0.2) is 19.3 Å². The third-order valence-corrected chi connectivity index (χ3v) is 6.59. The molecule has 3 heterocycles. The molecule has 176 valence electrons. The molecule has 1 fully saturated rings. The van der Waals surface area contributed by atoms with Gasteiger partial charge in [0, 0.05) is 40.7 Å². The average Bonchev–Trinajstić information content (AvgIpc) is 3.57. The zero-order valence-corrected chi connectivity index (χ0v) is 19.5. The number of imidazole rings is 1. The molecule has 2 aliphatic rings. The van der Waals surface area contributed by atoms with Crippen molar-refractivity contribution >= 4 is 17.4 Å². The number of halogens is 1. The van der Waals surface area contributed by atoms with E-state index in [4.69, 9.17) is 0 Å². The van der Waals surface area contributed by atoms with Gasteiger partial charge in [-0.1, -0.05) is 0 Å². The van der Waals surface area contributed by atoms with E-state index in [2.05, 4.69) is 31.8 Å². The van der Waals surface area contributed by atoms with Crippen molar-refractivity contribution in [2.24, 2.45) is 0 Å². The number of anilines is 2. The summed E-state index contributed by atoms with van der Waals surface area (Å²) in [5.74, 6) is 0.494. The lowest BCUT2D eigenvalue weighted by atomic mass is 9.95. The molecule has 0 spiro atoms. The molecule has 6 rings (SSSR count). The molecule has 1 aliphatic carbocycles. The summed E-state index contributed by atoms with van der Waals surface area (Å²) in [6.45, 7) is 3.99. The van der Waals surface area contributed by atoms with Gasteiger partial charge in [0.25, 0.3) is 5.91 Å². The van der Waals surface area contributed by atoms with Crippen LogP contribution in [0.25, 0.3) is 17.1 Å². The number of benzene rings is 2. The van der Waals surface area contributed by atoms with Crippen LogP contribution in [-0.2, 0) is 6.42 Å². The Kier molecular flexibility index (Phi) is 5.09. The zero-order valence-electron chi connectivity index (χ0n) is 19.5. The Hall–Kier alpha value is -4.07. The fourth-order valence-corrected chi connectivity index (χ4v) is 4.62. The van der Waals surface area contributed by atoms with E-state index >= 15 is 0 Å². The van der Waals surface area contributed by atoms with Crippen LogP contribution in [0.3, 0.4) is 0 Å². The Bertz CT molecular complexity index is 1460. The summed E-state index contributed by atoms with van der Waals surface area (Å²) in [6, 6.07) is 11.4. The van der Waals surface area contributed by atoms with Crippen LogP contribution >= 0.6 is 0 Å². The number of hydrogen-bond donors (Lipinski definition) is 2. The number of nitrogens with zero attached hydrogens (tertiary/aromatic N) is 4. The summed E-state index contributed by atoms with van der Waals surface area (Å²) in [6.07, 6.45) is 8.28. The molecule has 0 bridgehead atoms. The highest BCUT2D eigenvalue weighted by molar-refractivity contribution is 5.97. The zero-order chi connectivity index (χ0) is 24.1. The van der Waals surface area contributed by atoms with Crippen LogP contribution in [0.2, 0.25) is 0 Å². The molecule has 8 heteroatoms. The Labute approximate surface area is 202 Å². The molecule has 2 N–H and O–H groups in total. The lowest BCUT2D eigenvalue weighted by Crippen LogP contribution is -2.39. The lowest BCUT2D eigenvalue weighted by Gasteiger charge is -2.23. The fraction of sp³-hybridized carbons (Fsp3) is 0.259. The Morgan fingerprint density at radius 1 is 1.14 bits per heavy atom. The fourth-order valence-electron chi connectivity index (χ4n) is 4.62. The second-order valence-corrected chi connectivity index (χ2v) is 9.45. The number of amides is 1. The summed E-state index contributed by atoms with van der Waals surface area (Å²) >= 11 is 0. The van der Waals surface area contributed by atoms with Crippen LogP contribution in [0.15, 0.2) is 55.1 Å². The average molecular weight is 469 g/mol. The summed E-state index contributed by atoms with van der Waals surface area (Å²) in [4.78, 5) is 25.4. The monoisotopic (exact) mass is 468 g/mol. The van der Waals surface area contributed by atoms with Crippen molar-refractivity contribution in [3.05, 3.63) is 83.3 Å². The second kappa shape index (κ2) is 8.30. The number of hydrogen-bond acceptors (Lipinski definition) is 5. The second-order valence-electron chi connectivity index (χ2n) is 9.45. The van der Waals surface area contributed by atoms with E-state index in [1.807, 2.05) is 49.0 Å². The molecule has 2 aromatic carbocycles. The molecule has 4 aromatic rings. The van der Waals surface area contributed by atoms with E-state index in [0.29, 0.717) is 23.0 Å². The van der Waals surface area contributed by atoms with Crippen molar-refractivity contribution in [1.29, 1.82) is 0 Å². The Balaban J connectivity index is 1.27. The highest BCUT2D eigenvalue weighted by Gasteiger charge is 2.26. The molecule has 1 atom stereocenters. The van der Waals surface area contributed by atoms with Crippen molar-refractivity contribution in [3.63, 3.8) is 0 Å². The number of carbonyl (C=O) groups excluding carboxylic acids is 1. The molecule has 1 saturated carbocycles. The first-order chi connectivity index (χ1) is 16.9. The number of aryl methyl sites for hydroxylation is 1. The SMILES string of the molecule is Cc1cc(-c2ncc(F)c(Nc3ccc4c(c3)C[C@H](C)NC4=O)n2)ccc1-n1cnc(C2CC2)c1. The lowest BCUT2D eigenvalue weighted by molar-refractivity contribution is 0.0929. The molecule has 1 amide bonds. The molecule has 0 radical (unpaired) electrons. The van der Waals surface area contributed by atoms with Gasteiger partial charge in [-0.15, -0.1) is 0 Å². The van der Waals surface area contributed by atoms with Crippen molar-refractivity contribution < 1.29 is 9.18 Å². The quantitative estimate of drug-likeness (QED) is 0.427. The van der Waals surface area contributed by atoms with Crippen molar-refractivity contribution in [2.45, 2.75) is 45.1 Å². The highest BCUT2D eigenvalue weighted by Crippen LogP contribution is 2.39. The van der Waals surface area contributed by atoms with E-state index in [1.165, 1.54) is 19.0 Å². The van der Waals surface area contributed by atoms with Crippen LogP contribution < -0.4 is 10.6 Å². The standard InChI is InChI=1S/C27H25FN6O/c1-15-9-18(5-8-24(15)34-13-23(30-14-34)17-3-4-17)25-29-12-22(28)26(33-25)32-20-6-7-21-19(11-20)10-16(2)31-27(21)35/h5-9,11-14,16-17H,3-4,10H2,1-2H3,(H,31,35)(H,29,32,33)/t16-/m0/s1. The highest BCUT2D eigenvalue weighted by atomic mass is 19.1. The van der Waals surface area contributed by atoms with E-state index in [1.54, 1.807) is 12.1 Å². The van der Waals surface area contributed by atoms with E-state index < -0.39 is 5.82 Å². The maximum absolute atomic E-state index is 14.6. The predicted molar refractivity (Wildman–Crippen MR) is 132 cm³/mol. The molecule has 0 unspecified atom stereocenters. The summed E-state index contributed by atoms with van der Waals surface area (Å²) < 4.78 is 16.7. The maximum Gasteiger partial charge on any atom is 0.251 e. The van der Waals surface area contributed by atoms with Crippen molar-refractivity contribution in [1.82, 2.24) is 24.8 Å². The molecule has 7 nitrogen and oxygen atoms in total. The number of rotatable bonds is 5. The number of fused-ring (bicyclic) bond motifs is 1. The number of aromatic nitrogens is 4. The summed E-state index contributed by atoms with van der Waals surface area (Å²) in [5.41, 5.74) is 6.28. The number of nitrogens with one attached hydrogen (secondary N) is 2. The minimum absolute atomic E-state index is 0.0569. The van der Waals surface area contributed by atoms with Gasteiger partial charge in [-0.2, -0.15) is 0 Å². The number of carbonyl (C=O) groups is 1. The molecule has 35 heavy (non-hydrogen) atoms. The normalized spacial score (nSPS) is 17.1. The van der Waals surface area contributed by atoms with Crippen LogP contribution in [0.4, 0.5) is 15.9 Å². The molecular weight excluding hydrogens is 443 g/mol. The van der Waals surface area contributed by atoms with Crippen LogP contribution in [-0.4, -0.2) is 31.5 Å². The van der Waals surface area contributed by atoms with Crippen LogP contribution in [0.5, 0.6) is 0 Å². The molecule has 1 aliphatic heterocycles. The van der Waals surface area contributed by atoms with E-state index in [-0.39, 0.29) is 17.8 Å². The van der Waals surface area contributed by atoms with Crippen molar-refractivity contribution in [3.8, 4) is 17.1 Å². The first-order valence-electron chi connectivity index (χ1n) is 11.8. The van der Waals surface area contributed by atoms with Gasteiger partial charge < -0.3 is 15.2 Å². The minimum Gasteiger partial charge on any atom is -0.349 e. The third kappa shape index (κ3) is 4.16. The summed E-state index contributed by atoms with van der Waals surface area (Å²) in [5, 5.41) is 5.99.